The lowest BCUT2D eigenvalue weighted by Gasteiger charge is -2.12. The number of hydrogen-bond donors (Lipinski definition) is 3. The third-order valence-corrected chi connectivity index (χ3v) is 3.81. The van der Waals surface area contributed by atoms with Crippen molar-refractivity contribution in [2.75, 3.05) is 18.5 Å². The van der Waals surface area contributed by atoms with Crippen molar-refractivity contribution in [2.24, 2.45) is 0 Å². The molecule has 0 fully saturated rings. The zero-order valence-electron chi connectivity index (χ0n) is 15.7. The molecule has 0 radical (unpaired) electrons. The van der Waals surface area contributed by atoms with Gasteiger partial charge in [0.25, 0.3) is 0 Å². The van der Waals surface area contributed by atoms with Crippen molar-refractivity contribution in [2.45, 2.75) is 6.18 Å². The van der Waals surface area contributed by atoms with Crippen LogP contribution < -0.4 is 15.4 Å². The van der Waals surface area contributed by atoms with Gasteiger partial charge in [-0.05, 0) is 24.3 Å². The number of hydrogen-bond acceptors (Lipinski definition) is 5. The molecule has 0 spiro atoms. The van der Waals surface area contributed by atoms with E-state index in [-0.39, 0.29) is 36.0 Å². The maximum absolute atomic E-state index is 12.8. The summed E-state index contributed by atoms with van der Waals surface area (Å²) in [5, 5.41) is 4.96. The molecule has 11 heteroatoms. The first-order chi connectivity index (χ1) is 14.9. The van der Waals surface area contributed by atoms with E-state index in [1.54, 1.807) is 6.07 Å². The summed E-state index contributed by atoms with van der Waals surface area (Å²) >= 11 is 0. The molecule has 1 aromatic carbocycles. The van der Waals surface area contributed by atoms with Crippen molar-refractivity contribution >= 4 is 18.0 Å². The molecule has 3 N–H and O–H groups in total. The predicted molar refractivity (Wildman–Crippen MR) is 103 cm³/mol. The fourth-order valence-electron chi connectivity index (χ4n) is 2.41. The number of aromatic amines is 1. The second-order valence-electron chi connectivity index (χ2n) is 5.99. The van der Waals surface area contributed by atoms with Crippen molar-refractivity contribution < 1.29 is 31.9 Å². The third kappa shape index (κ3) is 5.89. The summed E-state index contributed by atoms with van der Waals surface area (Å²) < 4.78 is 48.9. The molecule has 3 rings (SSSR count). The highest BCUT2D eigenvalue weighted by atomic mass is 19.4. The Labute approximate surface area is 173 Å². The highest BCUT2D eigenvalue weighted by Crippen LogP contribution is 2.32. The van der Waals surface area contributed by atoms with E-state index in [0.29, 0.717) is 18.2 Å². The van der Waals surface area contributed by atoms with Gasteiger partial charge in [0.15, 0.2) is 0 Å². The molecule has 0 aliphatic heterocycles. The van der Waals surface area contributed by atoms with Gasteiger partial charge in [0, 0.05) is 11.5 Å². The number of imidazole rings is 1. The van der Waals surface area contributed by atoms with E-state index in [1.807, 2.05) is 0 Å². The summed E-state index contributed by atoms with van der Waals surface area (Å²) in [6.07, 6.45) is -0.608. The molecular weight excluding hydrogens is 417 g/mol. The largest absolute Gasteiger partial charge is 0.490 e. The first-order valence-corrected chi connectivity index (χ1v) is 8.78. The molecule has 2 amide bonds. The number of carbonyl (C=O) groups is 2. The zero-order chi connectivity index (χ0) is 22.3. The van der Waals surface area contributed by atoms with Gasteiger partial charge < -0.3 is 24.8 Å². The first kappa shape index (κ1) is 21.5. The summed E-state index contributed by atoms with van der Waals surface area (Å²) in [5.74, 6) is 4.49. The van der Waals surface area contributed by atoms with Gasteiger partial charge >= 0.3 is 12.1 Å². The van der Waals surface area contributed by atoms with Crippen LogP contribution in [0.25, 0.3) is 11.4 Å². The molecule has 8 nitrogen and oxygen atoms in total. The maximum atomic E-state index is 12.8. The number of carbonyl (C=O) groups excluding carboxylic acids is 2. The number of halogens is 3. The summed E-state index contributed by atoms with van der Waals surface area (Å²) in [6.45, 7) is 0.312. The molecule has 2 heterocycles. The Morgan fingerprint density at radius 2 is 2.16 bits per heavy atom. The van der Waals surface area contributed by atoms with Gasteiger partial charge in [-0.1, -0.05) is 5.92 Å². The Morgan fingerprint density at radius 3 is 2.84 bits per heavy atom. The van der Waals surface area contributed by atoms with Gasteiger partial charge in [-0.25, -0.2) is 4.98 Å². The Balaban J connectivity index is 1.85. The van der Waals surface area contributed by atoms with Crippen molar-refractivity contribution in [3.8, 4) is 29.0 Å². The van der Waals surface area contributed by atoms with Crippen LogP contribution in [0.2, 0.25) is 0 Å². The molecule has 0 unspecified atom stereocenters. The third-order valence-electron chi connectivity index (χ3n) is 3.81. The average Bonchev–Trinajstić information content (AvgIpc) is 3.42. The molecule has 0 saturated heterocycles. The van der Waals surface area contributed by atoms with E-state index in [4.69, 9.17) is 9.15 Å². The number of nitrogens with one attached hydrogen (secondary N) is 3. The van der Waals surface area contributed by atoms with Gasteiger partial charge in [0.1, 0.15) is 30.1 Å². The van der Waals surface area contributed by atoms with Crippen LogP contribution in [0.5, 0.6) is 5.75 Å². The van der Waals surface area contributed by atoms with Crippen molar-refractivity contribution in [1.82, 2.24) is 15.3 Å². The minimum absolute atomic E-state index is 0.0403. The van der Waals surface area contributed by atoms with Crippen LogP contribution in [0, 0.1) is 11.8 Å². The number of rotatable bonds is 7. The summed E-state index contributed by atoms with van der Waals surface area (Å²) in [7, 11) is 0. The van der Waals surface area contributed by atoms with E-state index >= 15 is 0 Å². The minimum Gasteiger partial charge on any atom is -0.490 e. The highest BCUT2D eigenvalue weighted by molar-refractivity contribution is 6.05. The lowest BCUT2D eigenvalue weighted by atomic mass is 10.1. The monoisotopic (exact) mass is 432 g/mol. The lowest BCUT2D eigenvalue weighted by Crippen LogP contribution is -2.19. The number of furan rings is 1. The average molecular weight is 432 g/mol. The molecule has 3 aromatic rings. The van der Waals surface area contributed by atoms with Gasteiger partial charge in [-0.15, -0.1) is 0 Å². The minimum atomic E-state index is -4.57. The SMILES string of the molecule is O=CNCCOc1ccc(-c2ncc(C(F)(F)F)[nH]2)cc1NC(=O)C#Cc1ccoc1. The van der Waals surface area contributed by atoms with Crippen molar-refractivity contribution in [1.29, 1.82) is 0 Å². The van der Waals surface area contributed by atoms with Crippen LogP contribution in [0.15, 0.2) is 47.4 Å². The maximum Gasteiger partial charge on any atom is 0.432 e. The number of ether oxygens (including phenoxy) is 1. The van der Waals surface area contributed by atoms with Crippen LogP contribution in [0.4, 0.5) is 18.9 Å². The lowest BCUT2D eigenvalue weighted by molar-refractivity contribution is -0.140. The van der Waals surface area contributed by atoms with Crippen LogP contribution >= 0.6 is 0 Å². The number of benzene rings is 1. The van der Waals surface area contributed by atoms with E-state index in [0.717, 1.165) is 0 Å². The van der Waals surface area contributed by atoms with Crippen molar-refractivity contribution in [3.05, 3.63) is 54.2 Å². The molecule has 0 bridgehead atoms. The Kier molecular flexibility index (Phi) is 6.61. The molecule has 0 atom stereocenters. The van der Waals surface area contributed by atoms with E-state index in [1.165, 1.54) is 30.7 Å². The molecular formula is C20H15F3N4O4. The van der Waals surface area contributed by atoms with Gasteiger partial charge in [0.2, 0.25) is 6.41 Å². The number of nitrogens with zero attached hydrogens (tertiary/aromatic N) is 1. The normalized spacial score (nSPS) is 10.7. The Hall–Kier alpha value is -4.20. The van der Waals surface area contributed by atoms with E-state index < -0.39 is 17.8 Å². The molecule has 160 valence electrons. The highest BCUT2D eigenvalue weighted by Gasteiger charge is 2.33. The second kappa shape index (κ2) is 9.53. The Bertz CT molecular complexity index is 1110. The standard InChI is InChI=1S/C20H15F3N4O4/c21-20(22,23)17-10-25-19(27-17)14-2-3-16(31-8-6-24-12-28)15(9-14)26-18(29)4-1-13-5-7-30-11-13/h2-3,5,7,9-12H,6,8H2,(H,24,28)(H,25,27)(H,26,29). The van der Waals surface area contributed by atoms with Crippen LogP contribution in [0.1, 0.15) is 11.3 Å². The second-order valence-corrected chi connectivity index (χ2v) is 5.99. The van der Waals surface area contributed by atoms with Gasteiger partial charge in [0.05, 0.1) is 30.3 Å². The van der Waals surface area contributed by atoms with E-state index in [9.17, 15) is 22.8 Å². The molecule has 0 saturated carbocycles. The summed E-state index contributed by atoms with van der Waals surface area (Å²) in [4.78, 5) is 28.5. The number of H-pyrrole nitrogens is 1. The topological polar surface area (TPSA) is 109 Å². The van der Waals surface area contributed by atoms with Gasteiger partial charge in [-0.2, -0.15) is 13.2 Å². The molecule has 0 aliphatic carbocycles. The number of anilines is 1. The molecule has 0 aliphatic rings. The predicted octanol–water partition coefficient (Wildman–Crippen LogP) is 2.80. The van der Waals surface area contributed by atoms with Crippen LogP contribution in [-0.2, 0) is 15.8 Å². The van der Waals surface area contributed by atoms with E-state index in [2.05, 4.69) is 32.4 Å². The number of aromatic nitrogens is 2. The molecule has 31 heavy (non-hydrogen) atoms. The summed E-state index contributed by atoms with van der Waals surface area (Å²) in [6, 6.07) is 5.92. The fraction of sp³-hybridized carbons (Fsp3) is 0.150. The molecule has 2 aromatic heterocycles. The number of alkyl halides is 3. The fourth-order valence-corrected chi connectivity index (χ4v) is 2.41. The summed E-state index contributed by atoms with van der Waals surface area (Å²) in [5.41, 5.74) is -0.0538. The number of amides is 2. The quantitative estimate of drug-likeness (QED) is 0.302. The first-order valence-electron chi connectivity index (χ1n) is 8.78. The van der Waals surface area contributed by atoms with Crippen LogP contribution in [0.3, 0.4) is 0 Å². The zero-order valence-corrected chi connectivity index (χ0v) is 15.7. The van der Waals surface area contributed by atoms with Gasteiger partial charge in [-0.3, -0.25) is 9.59 Å². The van der Waals surface area contributed by atoms with Crippen molar-refractivity contribution in [3.63, 3.8) is 0 Å². The Morgan fingerprint density at radius 1 is 1.32 bits per heavy atom. The smallest absolute Gasteiger partial charge is 0.432 e. The van der Waals surface area contributed by atoms with Crippen LogP contribution in [-0.4, -0.2) is 35.4 Å².